The van der Waals surface area contributed by atoms with Crippen LogP contribution in [0.4, 0.5) is 0 Å². The fourth-order valence-electron chi connectivity index (χ4n) is 18.5. The van der Waals surface area contributed by atoms with Gasteiger partial charge in [-0.3, -0.25) is 0 Å². The molecule has 1 atom stereocenters. The van der Waals surface area contributed by atoms with Crippen LogP contribution in [0.25, 0.3) is 176 Å². The molecule has 0 N–H and O–H groups in total. The molecule has 0 aliphatic heterocycles. The van der Waals surface area contributed by atoms with Gasteiger partial charge >= 0.3 is 0 Å². The van der Waals surface area contributed by atoms with Gasteiger partial charge in [0.15, 0.2) is 24.8 Å². The molecule has 2 fully saturated rings. The predicted molar refractivity (Wildman–Crippen MR) is 490 cm³/mol. The van der Waals surface area contributed by atoms with E-state index < -0.39 is 30.9 Å². The van der Waals surface area contributed by atoms with Crippen LogP contribution in [-0.2, 0) is 34.6 Å². The van der Waals surface area contributed by atoms with Crippen molar-refractivity contribution in [3.8, 4) is 45.0 Å². The number of aromatic nitrogens is 4. The Morgan fingerprint density at radius 3 is 0.983 bits per heavy atom. The maximum absolute atomic E-state index is 9.10. The summed E-state index contributed by atoms with van der Waals surface area (Å²) >= 11 is 0. The van der Waals surface area contributed by atoms with Crippen LogP contribution >= 0.6 is 0 Å². The number of pyridine rings is 4. The molecule has 8 heterocycles. The Morgan fingerprint density at radius 2 is 0.644 bits per heavy atom. The smallest absolute Gasteiger partial charge is 0.212 e. The van der Waals surface area contributed by atoms with E-state index in [1.807, 2.05) is 105 Å². The fraction of sp³-hybridized carbons (Fsp3) is 0.236. The minimum atomic E-state index is -2.43. The van der Waals surface area contributed by atoms with E-state index in [1.54, 1.807) is 6.07 Å². The molecule has 8 nitrogen and oxygen atoms in total. The molecule has 0 radical (unpaired) electrons. The van der Waals surface area contributed by atoms with Crippen molar-refractivity contribution in [2.75, 3.05) is 0 Å². The summed E-state index contributed by atoms with van der Waals surface area (Å²) in [6.45, 7) is 11.4. The van der Waals surface area contributed by atoms with Crippen LogP contribution < -0.4 is 18.3 Å². The zero-order valence-corrected chi connectivity index (χ0v) is 69.3. The summed E-state index contributed by atoms with van der Waals surface area (Å²) in [6, 6.07) is 83.9. The molecule has 20 aromatic rings. The van der Waals surface area contributed by atoms with E-state index in [0.29, 0.717) is 11.1 Å². The monoisotopic (exact) mass is 1550 g/mol. The molecular weight excluding hydrogens is 1440 g/mol. The van der Waals surface area contributed by atoms with Crippen molar-refractivity contribution in [1.29, 1.82) is 0 Å². The number of hydrogen-bond donors (Lipinski definition) is 0. The van der Waals surface area contributed by atoms with E-state index in [2.05, 4.69) is 244 Å². The van der Waals surface area contributed by atoms with E-state index in [9.17, 15) is 0 Å². The van der Waals surface area contributed by atoms with Gasteiger partial charge < -0.3 is 17.7 Å². The molecule has 1 unspecified atom stereocenters. The number of fused-ring (bicyclic) bond motifs is 20. The lowest BCUT2D eigenvalue weighted by atomic mass is 9.84. The van der Waals surface area contributed by atoms with E-state index in [4.69, 9.17) is 28.6 Å². The zero-order valence-electron chi connectivity index (χ0n) is 77.3. The Bertz CT molecular complexity index is 7560. The summed E-state index contributed by atoms with van der Waals surface area (Å²) < 4.78 is 101. The molecule has 0 saturated heterocycles. The summed E-state index contributed by atoms with van der Waals surface area (Å²) in [5, 5.41) is 18.2. The van der Waals surface area contributed by atoms with E-state index in [0.717, 1.165) is 217 Å². The van der Waals surface area contributed by atoms with Crippen LogP contribution in [-0.4, -0.2) is 0 Å². The lowest BCUT2D eigenvalue weighted by Gasteiger charge is -2.21. The third kappa shape index (κ3) is 14.0. The summed E-state index contributed by atoms with van der Waals surface area (Å²) in [7, 11) is 8.10. The van der Waals surface area contributed by atoms with Gasteiger partial charge in [0.2, 0.25) is 22.8 Å². The topological polar surface area (TPSA) is 68.1 Å². The number of furan rings is 4. The standard InChI is InChI=1S/C29H28NO.C28H26NO.C27H26NO.C26H24NO/c1-19-16-26-24-13-12-21-10-6-7-11-23(21)29(24)31-28(26)18-25(19)27-17-22(14-15-30(27)2)20-8-4-3-5-9-20;1-18-15-25-23-12-11-20-9-5-6-10-22(20)28(23)30-27(25)17-24(18)26-16-21(13-14-29(26)2)19-7-3-4-8-19;1-17(2)13-19-11-12-28(4)25(15-19)23-16-26-24(14-18(23)3)22-10-9-20-7-5-6-8-21(20)27(22)29-26;1-16(2)19-11-12-27(4)24(14-19)22-15-25-23(13-17(22)3)21-10-9-18-7-5-6-8-20(18)26(21)28-25/h6-7,10-18,20H,3-5,8-9H2,1-2H3;5-6,9-17,19H,3-4,7-8H2,1-2H3;5-12,14-17H,13H2,1-4H3;5-16H,1-4H3/q4*+1/i20D;19D;13D2;1D3,16D. The highest BCUT2D eigenvalue weighted by Gasteiger charge is 2.27. The van der Waals surface area contributed by atoms with Gasteiger partial charge in [0.05, 0.1) is 22.3 Å². The Morgan fingerprint density at radius 1 is 0.339 bits per heavy atom. The molecule has 8 heteroatoms. The van der Waals surface area contributed by atoms with Crippen molar-refractivity contribution in [3.63, 3.8) is 0 Å². The molecular formula is C110H104N4O4+4. The first-order valence-electron chi connectivity index (χ1n) is 45.8. The molecule has 2 aliphatic carbocycles. The van der Waals surface area contributed by atoms with Crippen molar-refractivity contribution < 1.29 is 46.9 Å². The molecule has 2 saturated carbocycles. The largest absolute Gasteiger partial charge is 0.455 e. The molecule has 8 aromatic heterocycles. The average molecular weight is 1550 g/mol. The second-order valence-electron chi connectivity index (χ2n) is 33.3. The first kappa shape index (κ1) is 66.6. The van der Waals surface area contributed by atoms with Crippen molar-refractivity contribution in [1.82, 2.24) is 0 Å². The summed E-state index contributed by atoms with van der Waals surface area (Å²) in [6.07, 6.45) is 16.3. The second-order valence-corrected chi connectivity index (χ2v) is 33.3. The first-order chi connectivity index (χ1) is 60.4. The van der Waals surface area contributed by atoms with Crippen LogP contribution in [0.1, 0.15) is 159 Å². The average Bonchev–Trinajstić information content (AvgIpc) is 1.47. The first-order valence-corrected chi connectivity index (χ1v) is 41.8. The van der Waals surface area contributed by atoms with Crippen molar-refractivity contribution in [2.45, 2.75) is 137 Å². The van der Waals surface area contributed by atoms with Gasteiger partial charge in [-0.25, -0.2) is 18.3 Å². The number of rotatable bonds is 9. The Hall–Kier alpha value is -12.5. The predicted octanol–water partition coefficient (Wildman–Crippen LogP) is 28.2. The highest BCUT2D eigenvalue weighted by Crippen LogP contribution is 2.45. The van der Waals surface area contributed by atoms with Gasteiger partial charge in [-0.15, -0.1) is 0 Å². The number of benzene rings is 12. The summed E-state index contributed by atoms with van der Waals surface area (Å²) in [4.78, 5) is 0. The fourth-order valence-corrected chi connectivity index (χ4v) is 18.5. The van der Waals surface area contributed by atoms with E-state index in [1.165, 1.54) is 57.1 Å². The maximum atomic E-state index is 9.10. The third-order valence-corrected chi connectivity index (χ3v) is 24.9. The molecule has 2 aliphatic rings. The molecule has 0 spiro atoms. The second kappa shape index (κ2) is 31.2. The summed E-state index contributed by atoms with van der Waals surface area (Å²) in [5.41, 5.74) is 23.7. The van der Waals surface area contributed by atoms with Gasteiger partial charge in [-0.1, -0.05) is 181 Å². The molecule has 22 rings (SSSR count). The highest BCUT2D eigenvalue weighted by molar-refractivity contribution is 6.19. The molecule has 118 heavy (non-hydrogen) atoms. The lowest BCUT2D eigenvalue weighted by molar-refractivity contribution is -0.660. The van der Waals surface area contributed by atoms with E-state index >= 15 is 0 Å². The third-order valence-electron chi connectivity index (χ3n) is 24.9. The minimum absolute atomic E-state index is 0.111. The molecule has 584 valence electrons. The van der Waals surface area contributed by atoms with Crippen LogP contribution in [0.15, 0.2) is 285 Å². The Labute approximate surface area is 702 Å². The maximum Gasteiger partial charge on any atom is 0.212 e. The highest BCUT2D eigenvalue weighted by atomic mass is 16.3. The van der Waals surface area contributed by atoms with Crippen molar-refractivity contribution in [3.05, 3.63) is 312 Å². The normalized spacial score (nSPS) is 15.8. The van der Waals surface area contributed by atoms with Gasteiger partial charge in [0, 0.05) is 124 Å². The lowest BCUT2D eigenvalue weighted by Crippen LogP contribution is -2.31. The van der Waals surface area contributed by atoms with Gasteiger partial charge in [0.1, 0.15) is 72.9 Å². The van der Waals surface area contributed by atoms with Gasteiger partial charge in [-0.2, -0.15) is 0 Å². The van der Waals surface area contributed by atoms with Gasteiger partial charge in [-0.05, 0) is 222 Å². The van der Waals surface area contributed by atoms with E-state index in [-0.39, 0.29) is 5.92 Å². The number of aryl methyl sites for hydroxylation is 8. The van der Waals surface area contributed by atoms with Gasteiger partial charge in [0.25, 0.3) is 0 Å². The number of nitrogens with zero attached hydrogens (tertiary/aromatic N) is 4. The van der Waals surface area contributed by atoms with Crippen LogP contribution in [0.5, 0.6) is 0 Å². The SMILES string of the molecule is [2H]C([2H])([2H])C([2H])(C)c1cc[n+](C)c(-c2cc3oc4c5ccccc5ccc4c3cc2C)c1.[2H]C([2H])(c1cc[n+](C)c(-c2cc3oc4c5ccccc5ccc4c3cc2C)c1)C(C)C.[2H]C1(c2cc[n+](C)c(-c3cc4oc5c6ccccc6ccc5c4cc3C)c2)CCCC1.[2H]C1(c2cc[n+](C)c(-c3cc4oc5c6ccccc6ccc5c4cc3C)c2)CCCCC1. The molecule has 12 aromatic carbocycles. The summed E-state index contributed by atoms with van der Waals surface area (Å²) in [5.74, 6) is -2.72. The zero-order chi connectivity index (χ0) is 87.8. The minimum Gasteiger partial charge on any atom is -0.455 e. The van der Waals surface area contributed by atoms with Crippen molar-refractivity contribution >= 4 is 131 Å². The quantitative estimate of drug-likeness (QED) is 0.135. The molecule has 0 amide bonds. The van der Waals surface area contributed by atoms with Crippen LogP contribution in [0.3, 0.4) is 0 Å². The van der Waals surface area contributed by atoms with Crippen molar-refractivity contribution in [2.24, 2.45) is 34.1 Å². The number of hydrogen-bond acceptors (Lipinski definition) is 4. The Balaban J connectivity index is 0.000000110. The Kier molecular flexibility index (Phi) is 17.6. The molecule has 0 bridgehead atoms. The van der Waals surface area contributed by atoms with Crippen LogP contribution in [0.2, 0.25) is 0 Å². The van der Waals surface area contributed by atoms with Crippen LogP contribution in [0, 0.1) is 33.6 Å².